The number of hydrogen-bond donors (Lipinski definition) is 0. The van der Waals surface area contributed by atoms with Crippen LogP contribution < -0.4 is 0 Å². The lowest BCUT2D eigenvalue weighted by Gasteiger charge is -2.45. The molecule has 0 N–H and O–H groups in total. The van der Waals surface area contributed by atoms with Crippen LogP contribution in [0.25, 0.3) is 0 Å². The summed E-state index contributed by atoms with van der Waals surface area (Å²) in [5, 5.41) is 1.21. The Bertz CT molecular complexity index is 1010. The summed E-state index contributed by atoms with van der Waals surface area (Å²) in [6.45, 7) is 6.04. The molecule has 1 saturated heterocycles. The van der Waals surface area contributed by atoms with Crippen molar-refractivity contribution in [3.63, 3.8) is 0 Å². The zero-order valence-corrected chi connectivity index (χ0v) is 20.6. The highest BCUT2D eigenvalue weighted by molar-refractivity contribution is 6.30. The molecule has 7 heteroatoms. The number of amides is 1. The van der Waals surface area contributed by atoms with Gasteiger partial charge < -0.3 is 14.4 Å². The van der Waals surface area contributed by atoms with Crippen molar-refractivity contribution in [1.82, 2.24) is 4.90 Å². The monoisotopic (exact) mass is 489 g/mol. The number of benzene rings is 2. The van der Waals surface area contributed by atoms with Crippen molar-refractivity contribution < 1.29 is 19.1 Å². The van der Waals surface area contributed by atoms with Gasteiger partial charge in [-0.3, -0.25) is 9.59 Å². The Hall–Kier alpha value is -2.08. The van der Waals surface area contributed by atoms with Gasteiger partial charge in [0.05, 0.1) is 12.5 Å². The maximum Gasteiger partial charge on any atom is 0.309 e. The van der Waals surface area contributed by atoms with Gasteiger partial charge in [0.1, 0.15) is 17.8 Å². The smallest absolute Gasteiger partial charge is 0.309 e. The van der Waals surface area contributed by atoms with Crippen LogP contribution in [0.1, 0.15) is 63.3 Å². The Morgan fingerprint density at radius 2 is 1.76 bits per heavy atom. The number of carbonyl (C=O) groups is 2. The highest BCUT2D eigenvalue weighted by Gasteiger charge is 2.46. The zero-order chi connectivity index (χ0) is 23.8. The van der Waals surface area contributed by atoms with Gasteiger partial charge in [0.15, 0.2) is 0 Å². The Balaban J connectivity index is 1.72. The van der Waals surface area contributed by atoms with E-state index in [9.17, 15) is 9.59 Å². The van der Waals surface area contributed by atoms with Crippen LogP contribution in [-0.2, 0) is 19.1 Å². The molecule has 1 amide bonds. The summed E-state index contributed by atoms with van der Waals surface area (Å²) in [5.41, 5.74) is 1.14. The molecule has 0 unspecified atom stereocenters. The Morgan fingerprint density at radius 1 is 1.06 bits per heavy atom. The number of halogens is 2. The first-order valence-corrected chi connectivity index (χ1v) is 12.0. The predicted octanol–water partition coefficient (Wildman–Crippen LogP) is 6.15. The Morgan fingerprint density at radius 3 is 2.36 bits per heavy atom. The SMILES string of the molecule is CC(C)(C)OC(=O)C[C@H]1O[C@H](c2cccc(Cl)c2)[C@@H](c2ccc(Cl)cc2)N(CC2CC2)C1=O. The number of rotatable bonds is 6. The molecule has 1 aliphatic carbocycles. The largest absolute Gasteiger partial charge is 0.460 e. The van der Waals surface area contributed by atoms with Crippen LogP contribution in [-0.4, -0.2) is 35.0 Å². The first-order valence-electron chi connectivity index (χ1n) is 11.3. The molecule has 4 rings (SSSR count). The first kappa shape index (κ1) is 24.1. The van der Waals surface area contributed by atoms with Crippen molar-refractivity contribution in [2.24, 2.45) is 5.92 Å². The van der Waals surface area contributed by atoms with Gasteiger partial charge in [-0.1, -0.05) is 47.5 Å². The molecule has 0 spiro atoms. The lowest BCUT2D eigenvalue weighted by molar-refractivity contribution is -0.183. The third-order valence-electron chi connectivity index (χ3n) is 5.80. The molecular weight excluding hydrogens is 461 g/mol. The molecule has 33 heavy (non-hydrogen) atoms. The molecule has 176 valence electrons. The normalized spacial score (nSPS) is 23.5. The maximum atomic E-state index is 13.6. The summed E-state index contributed by atoms with van der Waals surface area (Å²) >= 11 is 12.4. The van der Waals surface area contributed by atoms with Crippen LogP contribution >= 0.6 is 23.2 Å². The van der Waals surface area contributed by atoms with Crippen LogP contribution in [0.3, 0.4) is 0 Å². The number of ether oxygens (including phenoxy) is 2. The van der Waals surface area contributed by atoms with E-state index >= 15 is 0 Å². The lowest BCUT2D eigenvalue weighted by atomic mass is 9.91. The summed E-state index contributed by atoms with van der Waals surface area (Å²) in [7, 11) is 0. The fourth-order valence-corrected chi connectivity index (χ4v) is 4.53. The van der Waals surface area contributed by atoms with E-state index < -0.39 is 23.8 Å². The third-order valence-corrected chi connectivity index (χ3v) is 6.29. The van der Waals surface area contributed by atoms with Crippen molar-refractivity contribution in [2.45, 2.75) is 63.9 Å². The molecule has 2 fully saturated rings. The molecule has 1 aliphatic heterocycles. The predicted molar refractivity (Wildman–Crippen MR) is 128 cm³/mol. The van der Waals surface area contributed by atoms with Crippen LogP contribution in [0.4, 0.5) is 0 Å². The molecule has 5 nitrogen and oxygen atoms in total. The van der Waals surface area contributed by atoms with Crippen LogP contribution in [0, 0.1) is 5.92 Å². The molecular formula is C26H29Cl2NO4. The molecule has 2 aliphatic rings. The average molecular weight is 490 g/mol. The second kappa shape index (κ2) is 9.65. The number of hydrogen-bond acceptors (Lipinski definition) is 4. The summed E-state index contributed by atoms with van der Waals surface area (Å²) in [6, 6.07) is 14.6. The molecule has 0 aromatic heterocycles. The second-order valence-electron chi connectivity index (χ2n) is 9.82. The minimum absolute atomic E-state index is 0.137. The van der Waals surface area contributed by atoms with E-state index in [1.807, 2.05) is 47.4 Å². The standard InChI is InChI=1S/C26H29Cl2NO4/c1-26(2,3)33-22(30)14-21-25(31)29(15-16-7-8-16)23(17-9-11-19(27)12-10-17)24(32-21)18-5-4-6-20(28)13-18/h4-6,9-13,16,21,23-24H,7-8,14-15H2,1-3H3/t21-,23-,24-/m1/s1. The maximum absolute atomic E-state index is 13.6. The van der Waals surface area contributed by atoms with E-state index in [0.29, 0.717) is 22.5 Å². The van der Waals surface area contributed by atoms with Gasteiger partial charge >= 0.3 is 5.97 Å². The van der Waals surface area contributed by atoms with Gasteiger partial charge in [0.25, 0.3) is 5.91 Å². The third kappa shape index (κ3) is 6.08. The molecule has 1 saturated carbocycles. The fraction of sp³-hybridized carbons (Fsp3) is 0.462. The summed E-state index contributed by atoms with van der Waals surface area (Å²) in [6.07, 6.45) is 0.634. The van der Waals surface area contributed by atoms with Crippen LogP contribution in [0.2, 0.25) is 10.0 Å². The quantitative estimate of drug-likeness (QED) is 0.456. The van der Waals surface area contributed by atoms with E-state index in [1.54, 1.807) is 26.8 Å². The fourth-order valence-electron chi connectivity index (χ4n) is 4.21. The molecule has 3 atom stereocenters. The van der Waals surface area contributed by atoms with Crippen molar-refractivity contribution in [3.8, 4) is 0 Å². The van der Waals surface area contributed by atoms with Gasteiger partial charge in [0, 0.05) is 16.6 Å². The number of carbonyl (C=O) groups excluding carboxylic acids is 2. The van der Waals surface area contributed by atoms with Gasteiger partial charge in [-0.05, 0) is 74.9 Å². The minimum Gasteiger partial charge on any atom is -0.460 e. The molecule has 0 bridgehead atoms. The number of nitrogens with zero attached hydrogens (tertiary/aromatic N) is 1. The van der Waals surface area contributed by atoms with Crippen molar-refractivity contribution in [2.75, 3.05) is 6.54 Å². The summed E-state index contributed by atoms with van der Waals surface area (Å²) in [5.74, 6) is -0.183. The van der Waals surface area contributed by atoms with E-state index in [1.165, 1.54) is 0 Å². The highest BCUT2D eigenvalue weighted by Crippen LogP contribution is 2.45. The molecule has 2 aromatic rings. The van der Waals surface area contributed by atoms with Gasteiger partial charge in [-0.2, -0.15) is 0 Å². The summed E-state index contributed by atoms with van der Waals surface area (Å²) in [4.78, 5) is 28.1. The van der Waals surface area contributed by atoms with Crippen molar-refractivity contribution in [3.05, 3.63) is 69.7 Å². The number of esters is 1. The van der Waals surface area contributed by atoms with Crippen LogP contribution in [0.15, 0.2) is 48.5 Å². The number of morpholine rings is 1. The molecule has 2 aromatic carbocycles. The Labute approximate surface area is 205 Å². The molecule has 1 heterocycles. The van der Waals surface area contributed by atoms with E-state index in [2.05, 4.69) is 0 Å². The van der Waals surface area contributed by atoms with Crippen molar-refractivity contribution in [1.29, 1.82) is 0 Å². The second-order valence-corrected chi connectivity index (χ2v) is 10.7. The van der Waals surface area contributed by atoms with E-state index in [-0.39, 0.29) is 18.4 Å². The highest BCUT2D eigenvalue weighted by atomic mass is 35.5. The zero-order valence-electron chi connectivity index (χ0n) is 19.1. The molecule has 0 radical (unpaired) electrons. The van der Waals surface area contributed by atoms with Gasteiger partial charge in [-0.25, -0.2) is 0 Å². The topological polar surface area (TPSA) is 55.8 Å². The van der Waals surface area contributed by atoms with Crippen molar-refractivity contribution >= 4 is 35.1 Å². The minimum atomic E-state index is -0.925. The average Bonchev–Trinajstić information content (AvgIpc) is 3.54. The van der Waals surface area contributed by atoms with Crippen LogP contribution in [0.5, 0.6) is 0 Å². The lowest BCUT2D eigenvalue weighted by Crippen LogP contribution is -2.52. The van der Waals surface area contributed by atoms with E-state index in [4.69, 9.17) is 32.7 Å². The van der Waals surface area contributed by atoms with E-state index in [0.717, 1.165) is 24.0 Å². The van der Waals surface area contributed by atoms with Gasteiger partial charge in [0.2, 0.25) is 0 Å². The Kier molecular flexibility index (Phi) is 7.04. The summed E-state index contributed by atoms with van der Waals surface area (Å²) < 4.78 is 11.8. The van der Waals surface area contributed by atoms with Gasteiger partial charge in [-0.15, -0.1) is 0 Å². The first-order chi connectivity index (χ1) is 15.6.